The zero-order chi connectivity index (χ0) is 18.7. The van der Waals surface area contributed by atoms with Gasteiger partial charge in [0.1, 0.15) is 5.82 Å². The van der Waals surface area contributed by atoms with Gasteiger partial charge in [0, 0.05) is 18.0 Å². The Morgan fingerprint density at radius 1 is 1.04 bits per heavy atom. The van der Waals surface area contributed by atoms with E-state index in [4.69, 9.17) is 4.98 Å². The molecule has 1 aliphatic carbocycles. The van der Waals surface area contributed by atoms with Gasteiger partial charge in [-0.25, -0.2) is 19.6 Å². The summed E-state index contributed by atoms with van der Waals surface area (Å²) in [4.78, 5) is 28.9. The molecular formula is C20H22N6O. The molecule has 2 aliphatic rings. The van der Waals surface area contributed by atoms with E-state index in [2.05, 4.69) is 15.1 Å². The largest absolute Gasteiger partial charge is 0.327 e. The van der Waals surface area contributed by atoms with Crippen molar-refractivity contribution in [1.82, 2.24) is 29.6 Å². The van der Waals surface area contributed by atoms with Crippen molar-refractivity contribution in [2.45, 2.75) is 52.1 Å². The van der Waals surface area contributed by atoms with Crippen LogP contribution in [-0.2, 0) is 6.54 Å². The van der Waals surface area contributed by atoms with E-state index < -0.39 is 0 Å². The maximum Gasteiger partial charge on any atom is 0.254 e. The van der Waals surface area contributed by atoms with Crippen LogP contribution in [0.4, 0.5) is 0 Å². The van der Waals surface area contributed by atoms with Gasteiger partial charge in [0.2, 0.25) is 0 Å². The second-order valence-electron chi connectivity index (χ2n) is 7.60. The minimum Gasteiger partial charge on any atom is -0.327 e. The Balaban J connectivity index is 1.46. The lowest BCUT2D eigenvalue weighted by molar-refractivity contribution is 0.0631. The number of hydrogen-bond acceptors (Lipinski definition) is 5. The molecule has 3 heterocycles. The highest BCUT2D eigenvalue weighted by atomic mass is 16.2. The third kappa shape index (κ3) is 2.69. The maximum absolute atomic E-state index is 13.2. The Hall–Kier alpha value is -2.83. The van der Waals surface area contributed by atoms with Crippen LogP contribution in [0.2, 0.25) is 0 Å². The van der Waals surface area contributed by atoms with E-state index in [1.54, 1.807) is 0 Å². The molecule has 0 bridgehead atoms. The normalized spacial score (nSPS) is 19.4. The zero-order valence-electron chi connectivity index (χ0n) is 15.8. The van der Waals surface area contributed by atoms with Gasteiger partial charge in [-0.05, 0) is 51.8 Å². The van der Waals surface area contributed by atoms with Crippen molar-refractivity contribution in [1.29, 1.82) is 0 Å². The summed E-state index contributed by atoms with van der Waals surface area (Å²) in [5.74, 6) is 2.36. The van der Waals surface area contributed by atoms with Gasteiger partial charge < -0.3 is 4.90 Å². The van der Waals surface area contributed by atoms with E-state index in [-0.39, 0.29) is 11.9 Å². The highest BCUT2D eigenvalue weighted by Crippen LogP contribution is 2.39. The molecule has 7 nitrogen and oxygen atoms in total. The monoisotopic (exact) mass is 362 g/mol. The summed E-state index contributed by atoms with van der Waals surface area (Å²) in [6, 6.07) is 5.48. The molecule has 5 rings (SSSR count). The van der Waals surface area contributed by atoms with Crippen molar-refractivity contribution in [3.05, 3.63) is 46.8 Å². The quantitative estimate of drug-likeness (QED) is 0.700. The summed E-state index contributed by atoms with van der Waals surface area (Å²) >= 11 is 0. The zero-order valence-corrected chi connectivity index (χ0v) is 15.8. The average Bonchev–Trinajstić information content (AvgIpc) is 3.41. The first-order chi connectivity index (χ1) is 13.0. The van der Waals surface area contributed by atoms with Gasteiger partial charge in [-0.2, -0.15) is 5.10 Å². The molecule has 0 saturated heterocycles. The Kier molecular flexibility index (Phi) is 3.54. The Morgan fingerprint density at radius 2 is 1.78 bits per heavy atom. The second-order valence-corrected chi connectivity index (χ2v) is 7.60. The van der Waals surface area contributed by atoms with E-state index in [0.717, 1.165) is 34.1 Å². The highest BCUT2D eigenvalue weighted by molar-refractivity contribution is 5.97. The molecule has 1 atom stereocenters. The fourth-order valence-electron chi connectivity index (χ4n) is 3.70. The standard InChI is InChI=1S/C20H22N6O/c1-11-12(2)22-17-10-15(6-7-16(17)21-11)20(27)25-8-9-26-19(13(25)3)23-18(24-26)14-4-5-14/h6-7,10,13-14H,4-5,8-9H2,1-3H3/t13-/m1/s1. The number of hydrogen-bond donors (Lipinski definition) is 0. The minimum atomic E-state index is -0.0900. The van der Waals surface area contributed by atoms with Gasteiger partial charge in [-0.1, -0.05) is 0 Å². The molecule has 2 aromatic heterocycles. The van der Waals surface area contributed by atoms with Gasteiger partial charge in [0.05, 0.1) is 35.0 Å². The third-order valence-corrected chi connectivity index (χ3v) is 5.64. The first-order valence-electron chi connectivity index (χ1n) is 9.52. The summed E-state index contributed by atoms with van der Waals surface area (Å²) < 4.78 is 1.97. The average molecular weight is 362 g/mol. The minimum absolute atomic E-state index is 0.00616. The van der Waals surface area contributed by atoms with Crippen LogP contribution >= 0.6 is 0 Å². The number of amides is 1. The van der Waals surface area contributed by atoms with Crippen molar-refractivity contribution in [2.24, 2.45) is 0 Å². The van der Waals surface area contributed by atoms with Crippen molar-refractivity contribution in [2.75, 3.05) is 6.54 Å². The molecule has 1 fully saturated rings. The molecule has 1 aromatic carbocycles. The summed E-state index contributed by atoms with van der Waals surface area (Å²) in [7, 11) is 0. The van der Waals surface area contributed by atoms with Crippen LogP contribution in [0.5, 0.6) is 0 Å². The Labute approximate surface area is 157 Å². The SMILES string of the molecule is Cc1nc2ccc(C(=O)N3CCn4nc(C5CC5)nc4[C@H]3C)cc2nc1C. The highest BCUT2D eigenvalue weighted by Gasteiger charge is 2.34. The van der Waals surface area contributed by atoms with Crippen LogP contribution in [0.3, 0.4) is 0 Å². The van der Waals surface area contributed by atoms with E-state index in [1.165, 1.54) is 12.8 Å². The smallest absolute Gasteiger partial charge is 0.254 e. The molecule has 3 aromatic rings. The fraction of sp³-hybridized carbons (Fsp3) is 0.450. The van der Waals surface area contributed by atoms with Gasteiger partial charge in [-0.15, -0.1) is 0 Å². The van der Waals surface area contributed by atoms with Crippen molar-refractivity contribution >= 4 is 16.9 Å². The molecule has 0 spiro atoms. The molecule has 138 valence electrons. The van der Waals surface area contributed by atoms with Crippen LogP contribution in [0.25, 0.3) is 11.0 Å². The van der Waals surface area contributed by atoms with Crippen LogP contribution < -0.4 is 0 Å². The number of fused-ring (bicyclic) bond motifs is 2. The van der Waals surface area contributed by atoms with Gasteiger partial charge in [-0.3, -0.25) is 4.79 Å². The molecule has 0 radical (unpaired) electrons. The molecule has 7 heteroatoms. The molecule has 27 heavy (non-hydrogen) atoms. The third-order valence-electron chi connectivity index (χ3n) is 5.64. The van der Waals surface area contributed by atoms with Crippen LogP contribution in [-0.4, -0.2) is 42.1 Å². The van der Waals surface area contributed by atoms with Crippen LogP contribution in [0, 0.1) is 13.8 Å². The topological polar surface area (TPSA) is 76.8 Å². The number of carbonyl (C=O) groups is 1. The first-order valence-corrected chi connectivity index (χ1v) is 9.52. The second kappa shape index (κ2) is 5.84. The fourth-order valence-corrected chi connectivity index (χ4v) is 3.70. The predicted molar refractivity (Wildman–Crippen MR) is 100 cm³/mol. The number of carbonyl (C=O) groups excluding carboxylic acids is 1. The summed E-state index contributed by atoms with van der Waals surface area (Å²) in [5, 5.41) is 4.64. The maximum atomic E-state index is 13.2. The predicted octanol–water partition coefficient (Wildman–Crippen LogP) is 2.93. The Bertz CT molecular complexity index is 1070. The molecule has 1 amide bonds. The van der Waals surface area contributed by atoms with Crippen molar-refractivity contribution in [3.63, 3.8) is 0 Å². The van der Waals surface area contributed by atoms with Crippen molar-refractivity contribution in [3.8, 4) is 0 Å². The summed E-state index contributed by atoms with van der Waals surface area (Å²) in [6.45, 7) is 7.24. The molecule has 0 N–H and O–H groups in total. The van der Waals surface area contributed by atoms with Crippen molar-refractivity contribution < 1.29 is 4.79 Å². The Morgan fingerprint density at radius 3 is 2.52 bits per heavy atom. The lowest BCUT2D eigenvalue weighted by atomic mass is 10.1. The van der Waals surface area contributed by atoms with Crippen LogP contribution in [0.15, 0.2) is 18.2 Å². The summed E-state index contributed by atoms with van der Waals surface area (Å²) in [6.07, 6.45) is 2.36. The molecule has 0 unspecified atom stereocenters. The number of benzene rings is 1. The van der Waals surface area contributed by atoms with E-state index in [1.807, 2.05) is 48.6 Å². The molecular weight excluding hydrogens is 340 g/mol. The van der Waals surface area contributed by atoms with E-state index in [9.17, 15) is 4.79 Å². The number of rotatable bonds is 2. The number of aromatic nitrogens is 5. The lowest BCUT2D eigenvalue weighted by Gasteiger charge is -2.33. The number of nitrogens with zero attached hydrogens (tertiary/aromatic N) is 6. The molecule has 1 saturated carbocycles. The van der Waals surface area contributed by atoms with E-state index >= 15 is 0 Å². The molecule has 1 aliphatic heterocycles. The van der Waals surface area contributed by atoms with Crippen LogP contribution in [0.1, 0.15) is 65.1 Å². The van der Waals surface area contributed by atoms with Gasteiger partial charge >= 0.3 is 0 Å². The number of aryl methyl sites for hydroxylation is 2. The summed E-state index contributed by atoms with van der Waals surface area (Å²) in [5.41, 5.74) is 4.02. The first kappa shape index (κ1) is 16.4. The van der Waals surface area contributed by atoms with Gasteiger partial charge in [0.25, 0.3) is 5.91 Å². The van der Waals surface area contributed by atoms with E-state index in [0.29, 0.717) is 24.6 Å². The lowest BCUT2D eigenvalue weighted by Crippen LogP contribution is -2.41. The van der Waals surface area contributed by atoms with Gasteiger partial charge in [0.15, 0.2) is 5.82 Å².